The monoisotopic (exact) mass is 285 g/mol. The van der Waals surface area contributed by atoms with Crippen molar-refractivity contribution in [1.82, 2.24) is 5.06 Å². The normalized spacial score (nSPS) is 16.2. The number of phenolic OH excluding ortho intramolecular Hbond substituents is 1. The molecule has 1 heterocycles. The van der Waals surface area contributed by atoms with Crippen LogP contribution in [0, 0.1) is 0 Å². The van der Waals surface area contributed by atoms with Crippen molar-refractivity contribution in [2.24, 2.45) is 0 Å². The average Bonchev–Trinajstić information content (AvgIpc) is 2.29. The number of rotatable bonds is 1. The fraction of sp³-hybridized carbons (Fsp3) is 0.364. The molecule has 0 saturated carbocycles. The van der Waals surface area contributed by atoms with Gasteiger partial charge in [-0.1, -0.05) is 15.9 Å². The number of hydroxylamine groups is 2. The number of hydrogen-bond acceptors (Lipinski definition) is 3. The summed E-state index contributed by atoms with van der Waals surface area (Å²) in [5.74, 6) is -0.321. The summed E-state index contributed by atoms with van der Waals surface area (Å²) >= 11 is 3.23. The topological polar surface area (TPSA) is 49.8 Å². The smallest absolute Gasteiger partial charge is 0.281 e. The maximum Gasteiger partial charge on any atom is 0.281 e. The van der Waals surface area contributed by atoms with E-state index in [1.165, 1.54) is 11.1 Å². The summed E-state index contributed by atoms with van der Waals surface area (Å²) < 4.78 is 0.737. The molecular formula is C11H12BrNO3. The zero-order chi connectivity index (χ0) is 11.5. The van der Waals surface area contributed by atoms with Gasteiger partial charge in [0.25, 0.3) is 5.91 Å². The Morgan fingerprint density at radius 2 is 2.25 bits per heavy atom. The number of amides is 1. The molecule has 1 amide bonds. The Balaban J connectivity index is 2.19. The second-order valence-corrected chi connectivity index (χ2v) is 4.52. The molecule has 0 unspecified atom stereocenters. The lowest BCUT2D eigenvalue weighted by molar-refractivity contribution is -0.144. The van der Waals surface area contributed by atoms with Crippen molar-refractivity contribution in [1.29, 1.82) is 0 Å². The predicted octanol–water partition coefficient (Wildman–Crippen LogP) is 2.32. The Morgan fingerprint density at radius 3 is 2.88 bits per heavy atom. The summed E-state index contributed by atoms with van der Waals surface area (Å²) in [5.41, 5.74) is 0.269. The van der Waals surface area contributed by atoms with E-state index in [9.17, 15) is 9.90 Å². The van der Waals surface area contributed by atoms with Crippen LogP contribution in [0.25, 0.3) is 0 Å². The van der Waals surface area contributed by atoms with Crippen LogP contribution in [-0.2, 0) is 4.84 Å². The summed E-state index contributed by atoms with van der Waals surface area (Å²) in [5, 5.41) is 11.0. The molecule has 1 aliphatic heterocycles. The van der Waals surface area contributed by atoms with Crippen LogP contribution < -0.4 is 0 Å². The number of hydrogen-bond donors (Lipinski definition) is 1. The van der Waals surface area contributed by atoms with Crippen molar-refractivity contribution in [3.05, 3.63) is 28.2 Å². The third-order valence-electron chi connectivity index (χ3n) is 2.42. The molecule has 16 heavy (non-hydrogen) atoms. The first kappa shape index (κ1) is 11.4. The van der Waals surface area contributed by atoms with E-state index in [0.29, 0.717) is 13.2 Å². The molecule has 4 nitrogen and oxygen atoms in total. The van der Waals surface area contributed by atoms with Gasteiger partial charge in [0, 0.05) is 11.0 Å². The van der Waals surface area contributed by atoms with E-state index in [1.54, 1.807) is 12.1 Å². The molecule has 1 aromatic rings. The van der Waals surface area contributed by atoms with Crippen molar-refractivity contribution in [3.8, 4) is 5.75 Å². The lowest BCUT2D eigenvalue weighted by Crippen LogP contribution is -2.35. The minimum atomic E-state index is -0.287. The molecule has 0 aromatic heterocycles. The highest BCUT2D eigenvalue weighted by atomic mass is 79.9. The third kappa shape index (κ3) is 2.36. The van der Waals surface area contributed by atoms with Crippen molar-refractivity contribution in [2.75, 3.05) is 13.2 Å². The van der Waals surface area contributed by atoms with E-state index in [2.05, 4.69) is 15.9 Å². The van der Waals surface area contributed by atoms with Crippen molar-refractivity contribution in [2.45, 2.75) is 12.8 Å². The third-order valence-corrected chi connectivity index (χ3v) is 2.91. The van der Waals surface area contributed by atoms with Gasteiger partial charge in [0.05, 0.1) is 12.2 Å². The zero-order valence-electron chi connectivity index (χ0n) is 8.65. The molecule has 0 spiro atoms. The van der Waals surface area contributed by atoms with Crippen LogP contribution >= 0.6 is 15.9 Å². The number of phenols is 1. The Hall–Kier alpha value is -1.07. The molecule has 5 heteroatoms. The van der Waals surface area contributed by atoms with Gasteiger partial charge in [0.1, 0.15) is 5.75 Å². The zero-order valence-corrected chi connectivity index (χ0v) is 10.2. The van der Waals surface area contributed by atoms with Crippen LogP contribution in [-0.4, -0.2) is 29.2 Å². The molecule has 1 N–H and O–H groups in total. The SMILES string of the molecule is O=C(c1ccc(Br)cc1O)N1CCCCO1. The van der Waals surface area contributed by atoms with E-state index < -0.39 is 0 Å². The molecule has 1 aromatic carbocycles. The summed E-state index contributed by atoms with van der Waals surface area (Å²) in [6.07, 6.45) is 1.90. The Morgan fingerprint density at radius 1 is 1.44 bits per heavy atom. The van der Waals surface area contributed by atoms with Gasteiger partial charge in [-0.05, 0) is 31.0 Å². The molecule has 0 radical (unpaired) electrons. The van der Waals surface area contributed by atoms with Crippen LogP contribution in [0.4, 0.5) is 0 Å². The van der Waals surface area contributed by atoms with Gasteiger partial charge in [-0.25, -0.2) is 5.06 Å². The van der Waals surface area contributed by atoms with Gasteiger partial charge in [0.2, 0.25) is 0 Å². The molecule has 0 bridgehead atoms. The molecule has 86 valence electrons. The molecule has 0 atom stereocenters. The lowest BCUT2D eigenvalue weighted by atomic mass is 10.2. The summed E-state index contributed by atoms with van der Waals surface area (Å²) in [6, 6.07) is 4.80. The highest BCUT2D eigenvalue weighted by molar-refractivity contribution is 9.10. The highest BCUT2D eigenvalue weighted by Gasteiger charge is 2.21. The Bertz CT molecular complexity index is 402. The van der Waals surface area contributed by atoms with Gasteiger partial charge in [-0.3, -0.25) is 9.63 Å². The quantitative estimate of drug-likeness (QED) is 0.862. The maximum absolute atomic E-state index is 12.0. The second kappa shape index (κ2) is 4.84. The first-order chi connectivity index (χ1) is 7.68. The van der Waals surface area contributed by atoms with E-state index in [-0.39, 0.29) is 17.2 Å². The van der Waals surface area contributed by atoms with E-state index in [1.807, 2.05) is 0 Å². The average molecular weight is 286 g/mol. The first-order valence-corrected chi connectivity index (χ1v) is 5.91. The van der Waals surface area contributed by atoms with E-state index in [4.69, 9.17) is 4.84 Å². The lowest BCUT2D eigenvalue weighted by Gasteiger charge is -2.26. The van der Waals surface area contributed by atoms with E-state index >= 15 is 0 Å². The maximum atomic E-state index is 12.0. The minimum absolute atomic E-state index is 0.0338. The fourth-order valence-corrected chi connectivity index (χ4v) is 1.93. The molecule has 0 aliphatic carbocycles. The Kier molecular flexibility index (Phi) is 3.46. The molecule has 1 aliphatic rings. The Labute approximate surface area is 102 Å². The van der Waals surface area contributed by atoms with Crippen molar-refractivity contribution < 1.29 is 14.7 Å². The van der Waals surface area contributed by atoms with E-state index in [0.717, 1.165) is 17.3 Å². The van der Waals surface area contributed by atoms with Gasteiger partial charge in [0.15, 0.2) is 0 Å². The number of nitrogens with zero attached hydrogens (tertiary/aromatic N) is 1. The molecule has 2 rings (SSSR count). The standard InChI is InChI=1S/C11H12BrNO3/c12-8-3-4-9(10(14)7-8)11(15)13-5-1-2-6-16-13/h3-4,7,14H,1-2,5-6H2. The van der Waals surface area contributed by atoms with Gasteiger partial charge >= 0.3 is 0 Å². The van der Waals surface area contributed by atoms with Crippen LogP contribution in [0.2, 0.25) is 0 Å². The van der Waals surface area contributed by atoms with Gasteiger partial charge in [-0.2, -0.15) is 0 Å². The minimum Gasteiger partial charge on any atom is -0.507 e. The summed E-state index contributed by atoms with van der Waals surface area (Å²) in [6.45, 7) is 1.14. The number of carbonyl (C=O) groups excluding carboxylic acids is 1. The van der Waals surface area contributed by atoms with Crippen molar-refractivity contribution in [3.63, 3.8) is 0 Å². The molecular weight excluding hydrogens is 274 g/mol. The molecule has 1 fully saturated rings. The van der Waals surface area contributed by atoms with Crippen LogP contribution in [0.1, 0.15) is 23.2 Å². The number of carbonyl (C=O) groups is 1. The number of halogens is 1. The number of aromatic hydroxyl groups is 1. The summed E-state index contributed by atoms with van der Waals surface area (Å²) in [4.78, 5) is 17.2. The van der Waals surface area contributed by atoms with Crippen LogP contribution in [0.5, 0.6) is 5.75 Å². The van der Waals surface area contributed by atoms with Crippen LogP contribution in [0.15, 0.2) is 22.7 Å². The number of benzene rings is 1. The van der Waals surface area contributed by atoms with Crippen molar-refractivity contribution >= 4 is 21.8 Å². The molecule has 1 saturated heterocycles. The second-order valence-electron chi connectivity index (χ2n) is 3.61. The van der Waals surface area contributed by atoms with Crippen LogP contribution in [0.3, 0.4) is 0 Å². The predicted molar refractivity (Wildman–Crippen MR) is 62.0 cm³/mol. The van der Waals surface area contributed by atoms with Gasteiger partial charge in [-0.15, -0.1) is 0 Å². The largest absolute Gasteiger partial charge is 0.507 e. The highest BCUT2D eigenvalue weighted by Crippen LogP contribution is 2.24. The summed E-state index contributed by atoms with van der Waals surface area (Å²) in [7, 11) is 0. The fourth-order valence-electron chi connectivity index (χ4n) is 1.58. The first-order valence-electron chi connectivity index (χ1n) is 5.12. The van der Waals surface area contributed by atoms with Gasteiger partial charge < -0.3 is 5.11 Å².